The summed E-state index contributed by atoms with van der Waals surface area (Å²) in [6.07, 6.45) is 2.94. The van der Waals surface area contributed by atoms with Gasteiger partial charge in [-0.05, 0) is 55.5 Å². The van der Waals surface area contributed by atoms with E-state index in [0.717, 1.165) is 24.2 Å². The van der Waals surface area contributed by atoms with Crippen molar-refractivity contribution in [3.05, 3.63) is 59.0 Å². The van der Waals surface area contributed by atoms with Gasteiger partial charge in [0.25, 0.3) is 11.1 Å². The second-order valence-electron chi connectivity index (χ2n) is 8.79. The maximum absolute atomic E-state index is 13.4. The lowest BCUT2D eigenvalue weighted by molar-refractivity contribution is -0.163. The highest BCUT2D eigenvalue weighted by molar-refractivity contribution is 8.13. The van der Waals surface area contributed by atoms with Crippen LogP contribution in [0.25, 0.3) is 0 Å². The van der Waals surface area contributed by atoms with Crippen LogP contribution in [-0.2, 0) is 4.79 Å². The number of β-lactam (4-membered cyclic amide) rings is 1. The van der Waals surface area contributed by atoms with Crippen molar-refractivity contribution >= 4 is 28.8 Å². The van der Waals surface area contributed by atoms with Crippen LogP contribution in [0, 0.1) is 13.8 Å². The predicted octanol–water partition coefficient (Wildman–Crippen LogP) is 3.62. The lowest BCUT2D eigenvalue weighted by Crippen LogP contribution is -2.69. The molecule has 0 unspecified atom stereocenters. The Morgan fingerprint density at radius 2 is 1.81 bits per heavy atom. The molecule has 3 aliphatic rings. The number of rotatable bonds is 4. The van der Waals surface area contributed by atoms with E-state index in [9.17, 15) is 14.4 Å². The van der Waals surface area contributed by atoms with Gasteiger partial charge < -0.3 is 19.1 Å². The molecule has 0 bridgehead atoms. The van der Waals surface area contributed by atoms with Crippen molar-refractivity contribution in [1.82, 2.24) is 14.7 Å². The monoisotopic (exact) mass is 453 g/mol. The van der Waals surface area contributed by atoms with Crippen LogP contribution in [0.5, 0.6) is 0 Å². The SMILES string of the molecule is Cc1ccc([C@@H]2[C@@H](N3CCSC3=O)C(=O)N2C2CCN(C(=O)c3ccco3)CC2)cc1C. The van der Waals surface area contributed by atoms with E-state index in [1.54, 1.807) is 21.9 Å². The first-order valence-corrected chi connectivity index (χ1v) is 12.1. The Balaban J connectivity index is 1.36. The van der Waals surface area contributed by atoms with Crippen LogP contribution < -0.4 is 0 Å². The number of carbonyl (C=O) groups excluding carboxylic acids is 3. The van der Waals surface area contributed by atoms with Crippen LogP contribution in [0.1, 0.15) is 46.1 Å². The molecule has 0 N–H and O–H groups in total. The zero-order valence-corrected chi connectivity index (χ0v) is 19.1. The maximum Gasteiger partial charge on any atom is 0.289 e. The molecule has 168 valence electrons. The number of carbonyl (C=O) groups is 3. The van der Waals surface area contributed by atoms with Crippen LogP contribution in [0.15, 0.2) is 41.0 Å². The van der Waals surface area contributed by atoms with E-state index in [1.165, 1.54) is 29.2 Å². The minimum atomic E-state index is -0.428. The smallest absolute Gasteiger partial charge is 0.289 e. The fraction of sp³-hybridized carbons (Fsp3) is 0.458. The molecule has 2 aromatic rings. The normalized spacial score (nSPS) is 24.2. The summed E-state index contributed by atoms with van der Waals surface area (Å²) >= 11 is 1.29. The van der Waals surface area contributed by atoms with E-state index in [0.29, 0.717) is 25.4 Å². The van der Waals surface area contributed by atoms with Crippen molar-refractivity contribution in [2.75, 3.05) is 25.4 Å². The van der Waals surface area contributed by atoms with E-state index in [1.807, 2.05) is 4.90 Å². The largest absolute Gasteiger partial charge is 0.459 e. The topological polar surface area (TPSA) is 74.1 Å². The second-order valence-corrected chi connectivity index (χ2v) is 9.83. The molecule has 8 heteroatoms. The summed E-state index contributed by atoms with van der Waals surface area (Å²) in [6.45, 7) is 5.93. The lowest BCUT2D eigenvalue weighted by Gasteiger charge is -2.55. The number of nitrogens with zero attached hydrogens (tertiary/aromatic N) is 3. The maximum atomic E-state index is 13.4. The summed E-state index contributed by atoms with van der Waals surface area (Å²) < 4.78 is 5.25. The minimum Gasteiger partial charge on any atom is -0.459 e. The summed E-state index contributed by atoms with van der Waals surface area (Å²) in [4.78, 5) is 43.9. The van der Waals surface area contributed by atoms with Gasteiger partial charge in [-0.25, -0.2) is 0 Å². The summed E-state index contributed by atoms with van der Waals surface area (Å²) in [5.74, 6) is 1.00. The molecule has 3 fully saturated rings. The van der Waals surface area contributed by atoms with Crippen molar-refractivity contribution in [3.63, 3.8) is 0 Å². The Bertz CT molecular complexity index is 1050. The molecule has 1 aromatic carbocycles. The van der Waals surface area contributed by atoms with Gasteiger partial charge in [0.15, 0.2) is 5.76 Å². The van der Waals surface area contributed by atoms with Gasteiger partial charge in [0.05, 0.1) is 12.3 Å². The van der Waals surface area contributed by atoms with Gasteiger partial charge in [0, 0.05) is 31.4 Å². The molecule has 5 rings (SSSR count). The zero-order chi connectivity index (χ0) is 22.4. The van der Waals surface area contributed by atoms with Crippen LogP contribution in [0.4, 0.5) is 4.79 Å². The Labute approximate surface area is 191 Å². The van der Waals surface area contributed by atoms with Crippen molar-refractivity contribution < 1.29 is 18.8 Å². The molecule has 7 nitrogen and oxygen atoms in total. The quantitative estimate of drug-likeness (QED) is 0.661. The first-order chi connectivity index (χ1) is 15.5. The van der Waals surface area contributed by atoms with Crippen LogP contribution in [0.2, 0.25) is 0 Å². The van der Waals surface area contributed by atoms with Crippen LogP contribution in [0.3, 0.4) is 0 Å². The number of hydrogen-bond acceptors (Lipinski definition) is 5. The average molecular weight is 454 g/mol. The van der Waals surface area contributed by atoms with Crippen molar-refractivity contribution in [3.8, 4) is 0 Å². The van der Waals surface area contributed by atoms with Crippen molar-refractivity contribution in [2.24, 2.45) is 0 Å². The number of amides is 3. The third-order valence-electron chi connectivity index (χ3n) is 6.98. The molecule has 1 aromatic heterocycles. The summed E-state index contributed by atoms with van der Waals surface area (Å²) in [5, 5.41) is -0.00398. The van der Waals surface area contributed by atoms with E-state index < -0.39 is 6.04 Å². The average Bonchev–Trinajstić information content (AvgIpc) is 3.47. The number of hydrogen-bond donors (Lipinski definition) is 0. The third kappa shape index (κ3) is 3.50. The minimum absolute atomic E-state index is 0.00398. The molecular weight excluding hydrogens is 426 g/mol. The van der Waals surface area contributed by atoms with Crippen LogP contribution >= 0.6 is 11.8 Å². The summed E-state index contributed by atoms with van der Waals surface area (Å²) in [5.41, 5.74) is 3.47. The molecule has 3 aliphatic heterocycles. The van der Waals surface area contributed by atoms with Gasteiger partial charge in [0.2, 0.25) is 5.91 Å². The van der Waals surface area contributed by atoms with Crippen LogP contribution in [-0.4, -0.2) is 69.2 Å². The Morgan fingerprint density at radius 3 is 2.44 bits per heavy atom. The third-order valence-corrected chi connectivity index (χ3v) is 7.85. The van der Waals surface area contributed by atoms with Gasteiger partial charge in [-0.3, -0.25) is 14.4 Å². The number of benzene rings is 1. The molecular formula is C24H27N3O4S. The number of aryl methyl sites for hydroxylation is 2. The summed E-state index contributed by atoms with van der Waals surface area (Å²) in [7, 11) is 0. The standard InChI is InChI=1S/C24H27N3O4S/c1-15-5-6-17(14-16(15)2)20-21(26-11-13-32-24(26)30)23(29)27(20)18-7-9-25(10-8-18)22(28)19-4-3-12-31-19/h3-6,12,14,18,20-21H,7-11,13H2,1-2H3/t20-,21-/m1/s1. The molecule has 0 radical (unpaired) electrons. The predicted molar refractivity (Wildman–Crippen MR) is 121 cm³/mol. The molecule has 3 saturated heterocycles. The first kappa shape index (κ1) is 21.1. The number of furan rings is 1. The molecule has 4 heterocycles. The van der Waals surface area contributed by atoms with E-state index in [4.69, 9.17) is 4.42 Å². The Kier molecular flexibility index (Phi) is 5.49. The highest BCUT2D eigenvalue weighted by Gasteiger charge is 2.55. The van der Waals surface area contributed by atoms with Gasteiger partial charge in [-0.2, -0.15) is 0 Å². The molecule has 2 atom stereocenters. The Hall–Kier alpha value is -2.74. The van der Waals surface area contributed by atoms with Gasteiger partial charge in [-0.1, -0.05) is 30.0 Å². The molecule has 0 aliphatic carbocycles. The van der Waals surface area contributed by atoms with Crippen molar-refractivity contribution in [2.45, 2.75) is 44.8 Å². The number of thioether (sulfide) groups is 1. The molecule has 0 saturated carbocycles. The summed E-state index contributed by atoms with van der Waals surface area (Å²) in [6, 6.07) is 9.20. The highest BCUT2D eigenvalue weighted by Crippen LogP contribution is 2.44. The number of piperidine rings is 1. The fourth-order valence-electron chi connectivity index (χ4n) is 5.06. The van der Waals surface area contributed by atoms with Gasteiger partial charge in [0.1, 0.15) is 6.04 Å². The molecule has 3 amide bonds. The molecule has 0 spiro atoms. The first-order valence-electron chi connectivity index (χ1n) is 11.1. The second kappa shape index (κ2) is 8.31. The molecule has 32 heavy (non-hydrogen) atoms. The van der Waals surface area contributed by atoms with Crippen molar-refractivity contribution in [1.29, 1.82) is 0 Å². The van der Waals surface area contributed by atoms with E-state index in [2.05, 4.69) is 32.0 Å². The lowest BCUT2D eigenvalue weighted by atomic mass is 9.83. The number of likely N-dealkylation sites (tertiary alicyclic amines) is 2. The fourth-order valence-corrected chi connectivity index (χ4v) is 5.89. The Morgan fingerprint density at radius 1 is 1.03 bits per heavy atom. The van der Waals surface area contributed by atoms with Gasteiger partial charge in [-0.15, -0.1) is 0 Å². The van der Waals surface area contributed by atoms with E-state index >= 15 is 0 Å². The zero-order valence-electron chi connectivity index (χ0n) is 18.3. The highest BCUT2D eigenvalue weighted by atomic mass is 32.2. The van der Waals surface area contributed by atoms with E-state index in [-0.39, 0.29) is 29.1 Å². The van der Waals surface area contributed by atoms with Gasteiger partial charge >= 0.3 is 0 Å².